The van der Waals surface area contributed by atoms with Gasteiger partial charge in [-0.2, -0.15) is 0 Å². The molecule has 1 saturated heterocycles. The summed E-state index contributed by atoms with van der Waals surface area (Å²) in [4.78, 5) is 42.5. The molecule has 2 heterocycles. The average molecular weight is 496 g/mol. The van der Waals surface area contributed by atoms with E-state index in [0.29, 0.717) is 41.3 Å². The SMILES string of the molecule is COC(=O)c1ccc2c(=O)n(CC3CCCO3)c(SCC(=O)NCCc3ccccc3C)nc2c1. The lowest BCUT2D eigenvalue weighted by atomic mass is 10.1. The number of esters is 1. The number of benzene rings is 2. The number of hydrogen-bond acceptors (Lipinski definition) is 7. The van der Waals surface area contributed by atoms with Crippen LogP contribution in [0.25, 0.3) is 10.9 Å². The van der Waals surface area contributed by atoms with Crippen molar-refractivity contribution in [2.45, 2.75) is 44.0 Å². The molecule has 0 aliphatic carbocycles. The molecule has 1 N–H and O–H groups in total. The molecule has 1 aliphatic rings. The van der Waals surface area contributed by atoms with Crippen LogP contribution in [0.3, 0.4) is 0 Å². The molecule has 3 aromatic rings. The number of nitrogens with zero attached hydrogens (tertiary/aromatic N) is 2. The second-order valence-electron chi connectivity index (χ2n) is 8.48. The van der Waals surface area contributed by atoms with Gasteiger partial charge in [0.25, 0.3) is 5.56 Å². The molecule has 1 fully saturated rings. The summed E-state index contributed by atoms with van der Waals surface area (Å²) in [7, 11) is 1.30. The highest BCUT2D eigenvalue weighted by molar-refractivity contribution is 7.99. The van der Waals surface area contributed by atoms with Crippen LogP contribution in [0.2, 0.25) is 0 Å². The van der Waals surface area contributed by atoms with E-state index < -0.39 is 5.97 Å². The number of aryl methyl sites for hydroxylation is 1. The molecule has 1 aliphatic heterocycles. The minimum absolute atomic E-state index is 0.0661. The normalized spacial score (nSPS) is 15.3. The first-order valence-electron chi connectivity index (χ1n) is 11.6. The highest BCUT2D eigenvalue weighted by atomic mass is 32.2. The number of carbonyl (C=O) groups excluding carboxylic acids is 2. The number of ether oxygens (including phenoxy) is 2. The number of amides is 1. The zero-order chi connectivity index (χ0) is 24.8. The molecule has 1 unspecified atom stereocenters. The maximum Gasteiger partial charge on any atom is 0.337 e. The Morgan fingerprint density at radius 3 is 2.83 bits per heavy atom. The van der Waals surface area contributed by atoms with E-state index in [4.69, 9.17) is 9.47 Å². The molecule has 1 atom stereocenters. The van der Waals surface area contributed by atoms with Crippen LogP contribution in [0.4, 0.5) is 0 Å². The Kier molecular flexibility index (Phi) is 8.20. The molecule has 8 nitrogen and oxygen atoms in total. The summed E-state index contributed by atoms with van der Waals surface area (Å²) in [5.41, 5.74) is 2.88. The molecular formula is C26H29N3O5S. The Morgan fingerprint density at radius 2 is 2.09 bits per heavy atom. The van der Waals surface area contributed by atoms with Gasteiger partial charge in [0.05, 0.1) is 42.0 Å². The molecule has 184 valence electrons. The predicted octanol–water partition coefficient (Wildman–Crippen LogP) is 3.12. The minimum atomic E-state index is -0.500. The number of fused-ring (bicyclic) bond motifs is 1. The van der Waals surface area contributed by atoms with E-state index in [1.165, 1.54) is 30.0 Å². The van der Waals surface area contributed by atoms with Crippen molar-refractivity contribution in [1.29, 1.82) is 0 Å². The number of hydrogen-bond donors (Lipinski definition) is 1. The Balaban J connectivity index is 1.51. The van der Waals surface area contributed by atoms with Gasteiger partial charge in [0, 0.05) is 13.2 Å². The largest absolute Gasteiger partial charge is 0.465 e. The van der Waals surface area contributed by atoms with E-state index in [1.807, 2.05) is 12.1 Å². The fourth-order valence-corrected chi connectivity index (χ4v) is 4.96. The van der Waals surface area contributed by atoms with Gasteiger partial charge < -0.3 is 14.8 Å². The van der Waals surface area contributed by atoms with Crippen LogP contribution < -0.4 is 10.9 Å². The lowest BCUT2D eigenvalue weighted by Gasteiger charge is -2.16. The standard InChI is InChI=1S/C26H29N3O5S/c1-17-6-3-4-7-18(17)11-12-27-23(30)16-35-26-28-22-14-19(25(32)33-2)9-10-21(22)24(31)29(26)15-20-8-5-13-34-20/h3-4,6-7,9-10,14,20H,5,8,11-13,15-16H2,1-2H3,(H,27,30). The van der Waals surface area contributed by atoms with E-state index in [9.17, 15) is 14.4 Å². The lowest BCUT2D eigenvalue weighted by molar-refractivity contribution is -0.118. The maximum atomic E-state index is 13.3. The fraction of sp³-hybridized carbons (Fsp3) is 0.385. The van der Waals surface area contributed by atoms with Gasteiger partial charge in [0.1, 0.15) is 0 Å². The van der Waals surface area contributed by atoms with E-state index in [0.717, 1.165) is 19.3 Å². The van der Waals surface area contributed by atoms with Crippen molar-refractivity contribution in [2.75, 3.05) is 26.0 Å². The summed E-state index contributed by atoms with van der Waals surface area (Å²) in [5.74, 6) is -0.516. The number of carbonyl (C=O) groups is 2. The topological polar surface area (TPSA) is 99.5 Å². The highest BCUT2D eigenvalue weighted by Gasteiger charge is 2.21. The number of methoxy groups -OCH3 is 1. The van der Waals surface area contributed by atoms with Gasteiger partial charge in [0.2, 0.25) is 5.91 Å². The molecule has 0 spiro atoms. The molecule has 2 aromatic carbocycles. The van der Waals surface area contributed by atoms with Crippen LogP contribution in [-0.4, -0.2) is 53.5 Å². The van der Waals surface area contributed by atoms with Crippen LogP contribution in [0, 0.1) is 6.92 Å². The zero-order valence-electron chi connectivity index (χ0n) is 19.9. The third kappa shape index (κ3) is 6.10. The molecular weight excluding hydrogens is 466 g/mol. The van der Waals surface area contributed by atoms with E-state index in [2.05, 4.69) is 29.4 Å². The van der Waals surface area contributed by atoms with Crippen molar-refractivity contribution < 1.29 is 19.1 Å². The summed E-state index contributed by atoms with van der Waals surface area (Å²) < 4.78 is 12.1. The van der Waals surface area contributed by atoms with Crippen LogP contribution in [0.1, 0.15) is 34.3 Å². The summed E-state index contributed by atoms with van der Waals surface area (Å²) in [6.07, 6.45) is 2.50. The third-order valence-corrected chi connectivity index (χ3v) is 7.04. The molecule has 0 radical (unpaired) electrons. The molecule has 0 saturated carbocycles. The van der Waals surface area contributed by atoms with Gasteiger partial charge in [-0.15, -0.1) is 0 Å². The number of thioether (sulfide) groups is 1. The van der Waals surface area contributed by atoms with Crippen LogP contribution in [-0.2, 0) is 27.2 Å². The predicted molar refractivity (Wildman–Crippen MR) is 135 cm³/mol. The van der Waals surface area contributed by atoms with Crippen molar-refractivity contribution in [3.63, 3.8) is 0 Å². The monoisotopic (exact) mass is 495 g/mol. The molecule has 9 heteroatoms. The van der Waals surface area contributed by atoms with Crippen LogP contribution >= 0.6 is 11.8 Å². The van der Waals surface area contributed by atoms with Crippen LogP contribution in [0.15, 0.2) is 52.4 Å². The smallest absolute Gasteiger partial charge is 0.337 e. The number of aromatic nitrogens is 2. The van der Waals surface area contributed by atoms with Crippen molar-refractivity contribution >= 4 is 34.5 Å². The Labute approximate surface area is 208 Å². The first-order valence-corrected chi connectivity index (χ1v) is 12.6. The van der Waals surface area contributed by atoms with Crippen LogP contribution in [0.5, 0.6) is 0 Å². The van der Waals surface area contributed by atoms with Gasteiger partial charge in [-0.25, -0.2) is 9.78 Å². The number of rotatable bonds is 9. The zero-order valence-corrected chi connectivity index (χ0v) is 20.7. The molecule has 0 bridgehead atoms. The fourth-order valence-electron chi connectivity index (χ4n) is 4.12. The second-order valence-corrected chi connectivity index (χ2v) is 9.43. The molecule has 1 amide bonds. The van der Waals surface area contributed by atoms with Crippen molar-refractivity contribution in [1.82, 2.24) is 14.9 Å². The highest BCUT2D eigenvalue weighted by Crippen LogP contribution is 2.22. The molecule has 4 rings (SSSR count). The quantitative estimate of drug-likeness (QED) is 0.277. The summed E-state index contributed by atoms with van der Waals surface area (Å²) >= 11 is 1.21. The van der Waals surface area contributed by atoms with Gasteiger partial charge in [-0.05, 0) is 55.5 Å². The van der Waals surface area contributed by atoms with E-state index >= 15 is 0 Å². The summed E-state index contributed by atoms with van der Waals surface area (Å²) in [6.45, 7) is 3.63. The average Bonchev–Trinajstić information content (AvgIpc) is 3.38. The minimum Gasteiger partial charge on any atom is -0.465 e. The van der Waals surface area contributed by atoms with Gasteiger partial charge in [-0.1, -0.05) is 36.0 Å². The van der Waals surface area contributed by atoms with Crippen molar-refractivity contribution in [3.8, 4) is 0 Å². The van der Waals surface area contributed by atoms with Crippen molar-refractivity contribution in [2.24, 2.45) is 0 Å². The first kappa shape index (κ1) is 24.9. The maximum absolute atomic E-state index is 13.3. The van der Waals surface area contributed by atoms with Gasteiger partial charge >= 0.3 is 5.97 Å². The molecule has 1 aromatic heterocycles. The lowest BCUT2D eigenvalue weighted by Crippen LogP contribution is -2.30. The van der Waals surface area contributed by atoms with Gasteiger partial charge in [0.15, 0.2) is 5.16 Å². The second kappa shape index (κ2) is 11.5. The summed E-state index contributed by atoms with van der Waals surface area (Å²) in [6, 6.07) is 12.8. The van der Waals surface area contributed by atoms with Crippen molar-refractivity contribution in [3.05, 3.63) is 69.5 Å². The Morgan fingerprint density at radius 1 is 1.26 bits per heavy atom. The van der Waals surface area contributed by atoms with E-state index in [-0.39, 0.29) is 23.3 Å². The molecule has 35 heavy (non-hydrogen) atoms. The van der Waals surface area contributed by atoms with Gasteiger partial charge in [-0.3, -0.25) is 14.2 Å². The van der Waals surface area contributed by atoms with E-state index in [1.54, 1.807) is 22.8 Å². The first-order chi connectivity index (χ1) is 17.0. The Hall–Kier alpha value is -3.17. The number of nitrogens with one attached hydrogen (secondary N) is 1. The Bertz CT molecular complexity index is 1280. The third-order valence-electron chi connectivity index (χ3n) is 6.06. The summed E-state index contributed by atoms with van der Waals surface area (Å²) in [5, 5.41) is 3.77.